The van der Waals surface area contributed by atoms with E-state index < -0.39 is 25.4 Å². The summed E-state index contributed by atoms with van der Waals surface area (Å²) in [7, 11) is 3.22. The van der Waals surface area contributed by atoms with Gasteiger partial charge in [-0.1, -0.05) is 0 Å². The Morgan fingerprint density at radius 2 is 1.80 bits per heavy atom. The van der Waals surface area contributed by atoms with E-state index in [0.717, 1.165) is 0 Å². The third kappa shape index (κ3) is 3.38. The van der Waals surface area contributed by atoms with Gasteiger partial charge in [-0.3, -0.25) is 4.79 Å². The molecule has 7 heteroatoms. The van der Waals surface area contributed by atoms with Gasteiger partial charge in [-0.25, -0.2) is 0 Å². The molecule has 6 N–H and O–H groups in total. The van der Waals surface area contributed by atoms with Crippen molar-refractivity contribution < 1.29 is 20.1 Å². The first-order chi connectivity index (χ1) is 9.39. The van der Waals surface area contributed by atoms with E-state index in [1.54, 1.807) is 26.2 Å². The van der Waals surface area contributed by atoms with Crippen LogP contribution in [0.15, 0.2) is 18.2 Å². The van der Waals surface area contributed by atoms with Crippen molar-refractivity contribution in [3.63, 3.8) is 0 Å². The van der Waals surface area contributed by atoms with Crippen LogP contribution in [0.1, 0.15) is 10.4 Å². The van der Waals surface area contributed by atoms with Gasteiger partial charge >= 0.3 is 0 Å². The lowest BCUT2D eigenvalue weighted by atomic mass is 10.0. The maximum absolute atomic E-state index is 12.1. The van der Waals surface area contributed by atoms with Crippen molar-refractivity contribution in [1.82, 2.24) is 4.90 Å². The summed E-state index contributed by atoms with van der Waals surface area (Å²) in [5.74, 6) is -0.254. The molecule has 1 aromatic carbocycles. The van der Waals surface area contributed by atoms with E-state index in [9.17, 15) is 20.1 Å². The van der Waals surface area contributed by atoms with Gasteiger partial charge in [0.25, 0.3) is 5.91 Å². The summed E-state index contributed by atoms with van der Waals surface area (Å²) in [5.41, 5.74) is 5.48. The molecule has 0 bridgehead atoms. The Kier molecular flexibility index (Phi) is 5.32. The number of carbonyl (C=O) groups is 1. The van der Waals surface area contributed by atoms with Gasteiger partial charge < -0.3 is 31.3 Å². The molecule has 0 radical (unpaired) electrons. The predicted octanol–water partition coefficient (Wildman–Crippen LogP) is -0.902. The fourth-order valence-corrected chi connectivity index (χ4v) is 1.65. The van der Waals surface area contributed by atoms with E-state index in [0.29, 0.717) is 16.9 Å². The molecule has 20 heavy (non-hydrogen) atoms. The van der Waals surface area contributed by atoms with E-state index in [1.807, 2.05) is 0 Å². The lowest BCUT2D eigenvalue weighted by Crippen LogP contribution is -2.49. The first kappa shape index (κ1) is 16.2. The maximum Gasteiger partial charge on any atom is 0.255 e. The molecule has 0 spiro atoms. The minimum Gasteiger partial charge on any atom is -0.399 e. The topological polar surface area (TPSA) is 119 Å². The van der Waals surface area contributed by atoms with Gasteiger partial charge in [0.15, 0.2) is 0 Å². The molecule has 0 aliphatic rings. The van der Waals surface area contributed by atoms with Crippen LogP contribution in [-0.4, -0.2) is 65.6 Å². The molecule has 0 fully saturated rings. The van der Waals surface area contributed by atoms with Crippen molar-refractivity contribution in [2.75, 3.05) is 45.0 Å². The zero-order chi connectivity index (χ0) is 15.3. The second kappa shape index (κ2) is 6.56. The molecule has 0 heterocycles. The first-order valence-electron chi connectivity index (χ1n) is 6.11. The third-order valence-electron chi connectivity index (χ3n) is 2.99. The number of amides is 1. The van der Waals surface area contributed by atoms with E-state index in [4.69, 9.17) is 5.73 Å². The number of hydrogen-bond donors (Lipinski definition) is 5. The number of nitrogens with zero attached hydrogens (tertiary/aromatic N) is 1. The van der Waals surface area contributed by atoms with Crippen LogP contribution >= 0.6 is 0 Å². The molecule has 0 atom stereocenters. The van der Waals surface area contributed by atoms with Gasteiger partial charge in [0.2, 0.25) is 0 Å². The van der Waals surface area contributed by atoms with Crippen molar-refractivity contribution in [2.45, 2.75) is 5.54 Å². The first-order valence-corrected chi connectivity index (χ1v) is 6.11. The Hall–Kier alpha value is -1.83. The highest BCUT2D eigenvalue weighted by molar-refractivity contribution is 6.00. The molecule has 0 aromatic heterocycles. The average Bonchev–Trinajstić information content (AvgIpc) is 2.44. The molecule has 0 aliphatic heterocycles. The van der Waals surface area contributed by atoms with Crippen molar-refractivity contribution in [3.05, 3.63) is 23.8 Å². The number of benzene rings is 1. The zero-order valence-corrected chi connectivity index (χ0v) is 11.6. The molecule has 1 amide bonds. The smallest absolute Gasteiger partial charge is 0.255 e. The average molecular weight is 283 g/mol. The van der Waals surface area contributed by atoms with Crippen LogP contribution in [0.3, 0.4) is 0 Å². The molecule has 1 rings (SSSR count). The second-order valence-corrected chi connectivity index (χ2v) is 4.88. The molecule has 112 valence electrons. The normalized spacial score (nSPS) is 11.2. The Morgan fingerprint density at radius 1 is 1.25 bits per heavy atom. The number of aliphatic hydroxyl groups excluding tert-OH is 3. The highest BCUT2D eigenvalue weighted by Gasteiger charge is 2.29. The Labute approximate surface area is 117 Å². The van der Waals surface area contributed by atoms with Crippen molar-refractivity contribution in [3.8, 4) is 0 Å². The highest BCUT2D eigenvalue weighted by Crippen LogP contribution is 2.24. The number of nitrogen functional groups attached to an aromatic ring is 1. The highest BCUT2D eigenvalue weighted by atomic mass is 16.3. The van der Waals surface area contributed by atoms with Crippen molar-refractivity contribution in [1.29, 1.82) is 0 Å². The lowest BCUT2D eigenvalue weighted by Gasteiger charge is -2.31. The number of aliphatic hydroxyl groups is 3. The quantitative estimate of drug-likeness (QED) is 0.432. The van der Waals surface area contributed by atoms with E-state index in [2.05, 4.69) is 5.32 Å². The van der Waals surface area contributed by atoms with Gasteiger partial charge in [0, 0.05) is 25.5 Å². The Bertz CT molecular complexity index is 464. The molecular formula is C13H21N3O4. The number of anilines is 2. The van der Waals surface area contributed by atoms with E-state index >= 15 is 0 Å². The van der Waals surface area contributed by atoms with Crippen LogP contribution in [0.25, 0.3) is 0 Å². The van der Waals surface area contributed by atoms with Crippen LogP contribution in [0.4, 0.5) is 11.4 Å². The number of rotatable bonds is 6. The molecular weight excluding hydrogens is 262 g/mol. The van der Waals surface area contributed by atoms with Crippen LogP contribution in [0.5, 0.6) is 0 Å². The molecule has 0 aliphatic carbocycles. The third-order valence-corrected chi connectivity index (χ3v) is 2.99. The summed E-state index contributed by atoms with van der Waals surface area (Å²) in [5, 5.41) is 30.8. The summed E-state index contributed by atoms with van der Waals surface area (Å²) < 4.78 is 0. The SMILES string of the molecule is CN(C)C(=O)c1ccc(N)cc1NC(CO)(CO)CO. The van der Waals surface area contributed by atoms with Gasteiger partial charge in [0.05, 0.1) is 25.4 Å². The second-order valence-electron chi connectivity index (χ2n) is 4.88. The molecule has 0 saturated carbocycles. The fraction of sp³-hybridized carbons (Fsp3) is 0.462. The standard InChI is InChI=1S/C13H21N3O4/c1-16(2)12(20)10-4-3-9(14)5-11(10)15-13(6-17,7-18)8-19/h3-5,15,17-19H,6-8,14H2,1-2H3. The van der Waals surface area contributed by atoms with Crippen LogP contribution < -0.4 is 11.1 Å². The zero-order valence-electron chi connectivity index (χ0n) is 11.6. The molecule has 0 unspecified atom stereocenters. The summed E-state index contributed by atoms with van der Waals surface area (Å²) >= 11 is 0. The maximum atomic E-state index is 12.1. The number of hydrogen-bond acceptors (Lipinski definition) is 6. The summed E-state index contributed by atoms with van der Waals surface area (Å²) in [6.45, 7) is -1.49. The van der Waals surface area contributed by atoms with Crippen LogP contribution in [0.2, 0.25) is 0 Å². The van der Waals surface area contributed by atoms with Crippen LogP contribution in [-0.2, 0) is 0 Å². The summed E-state index contributed by atoms with van der Waals surface area (Å²) in [6, 6.07) is 4.66. The van der Waals surface area contributed by atoms with Gasteiger partial charge in [-0.2, -0.15) is 0 Å². The lowest BCUT2D eigenvalue weighted by molar-refractivity contribution is 0.0805. The molecule has 0 saturated heterocycles. The molecule has 7 nitrogen and oxygen atoms in total. The van der Waals surface area contributed by atoms with Crippen molar-refractivity contribution >= 4 is 17.3 Å². The van der Waals surface area contributed by atoms with Gasteiger partial charge in [-0.15, -0.1) is 0 Å². The predicted molar refractivity (Wildman–Crippen MR) is 76.5 cm³/mol. The number of nitrogens with two attached hydrogens (primary N) is 1. The van der Waals surface area contributed by atoms with E-state index in [-0.39, 0.29) is 5.91 Å². The molecule has 1 aromatic rings. The number of nitrogens with one attached hydrogen (secondary N) is 1. The summed E-state index contributed by atoms with van der Waals surface area (Å²) in [4.78, 5) is 13.5. The van der Waals surface area contributed by atoms with Gasteiger partial charge in [0.1, 0.15) is 5.54 Å². The number of carbonyl (C=O) groups excluding carboxylic acids is 1. The van der Waals surface area contributed by atoms with Crippen LogP contribution in [0, 0.1) is 0 Å². The summed E-state index contributed by atoms with van der Waals surface area (Å²) in [6.07, 6.45) is 0. The minimum atomic E-state index is -1.32. The van der Waals surface area contributed by atoms with Gasteiger partial charge in [-0.05, 0) is 18.2 Å². The largest absolute Gasteiger partial charge is 0.399 e. The Morgan fingerprint density at radius 3 is 2.25 bits per heavy atom. The Balaban J connectivity index is 3.22. The minimum absolute atomic E-state index is 0.254. The monoisotopic (exact) mass is 283 g/mol. The van der Waals surface area contributed by atoms with Crippen molar-refractivity contribution in [2.24, 2.45) is 0 Å². The fourth-order valence-electron chi connectivity index (χ4n) is 1.65. The van der Waals surface area contributed by atoms with E-state index in [1.165, 1.54) is 11.0 Å².